The fourth-order valence-electron chi connectivity index (χ4n) is 3.02. The van der Waals surface area contributed by atoms with Gasteiger partial charge in [0.15, 0.2) is 0 Å². The van der Waals surface area contributed by atoms with Crippen LogP contribution >= 0.6 is 0 Å². The molecule has 116 valence electrons. The van der Waals surface area contributed by atoms with Crippen molar-refractivity contribution in [3.05, 3.63) is 59.5 Å². The summed E-state index contributed by atoms with van der Waals surface area (Å²) in [7, 11) is 0. The Balaban J connectivity index is 1.52. The van der Waals surface area contributed by atoms with Crippen molar-refractivity contribution in [2.24, 2.45) is 5.92 Å². The number of aliphatic hydroxyl groups excluding tert-OH is 1. The maximum absolute atomic E-state index is 12.2. The zero-order valence-corrected chi connectivity index (χ0v) is 12.6. The average molecular weight is 299 g/mol. The minimum atomic E-state index is 0.0690. The largest absolute Gasteiger partial charge is 0.472 e. The number of piperidine rings is 1. The second-order valence-electron chi connectivity index (χ2n) is 5.93. The first kappa shape index (κ1) is 14.9. The molecule has 4 heteroatoms. The van der Waals surface area contributed by atoms with Crippen molar-refractivity contribution in [1.29, 1.82) is 0 Å². The molecule has 0 bridgehead atoms. The Morgan fingerprint density at radius 3 is 2.41 bits per heavy atom. The van der Waals surface area contributed by atoms with E-state index in [2.05, 4.69) is 12.1 Å². The van der Waals surface area contributed by atoms with Crippen LogP contribution in [0.4, 0.5) is 0 Å². The second-order valence-corrected chi connectivity index (χ2v) is 5.93. The molecule has 0 radical (unpaired) electrons. The maximum Gasteiger partial charge on any atom is 0.257 e. The molecule has 1 N–H and O–H groups in total. The van der Waals surface area contributed by atoms with Gasteiger partial charge in [0.1, 0.15) is 6.26 Å². The maximum atomic E-state index is 12.2. The van der Waals surface area contributed by atoms with E-state index in [0.29, 0.717) is 11.5 Å². The van der Waals surface area contributed by atoms with E-state index in [0.717, 1.165) is 37.9 Å². The SMILES string of the molecule is O=C(c1ccoc1)N1CCC(Cc2ccc(CO)cc2)CC1. The van der Waals surface area contributed by atoms with Gasteiger partial charge in [0.25, 0.3) is 5.91 Å². The van der Waals surface area contributed by atoms with Crippen LogP contribution in [0.5, 0.6) is 0 Å². The van der Waals surface area contributed by atoms with Gasteiger partial charge in [-0.25, -0.2) is 0 Å². The highest BCUT2D eigenvalue weighted by molar-refractivity contribution is 5.93. The fourth-order valence-corrected chi connectivity index (χ4v) is 3.02. The highest BCUT2D eigenvalue weighted by Crippen LogP contribution is 2.23. The van der Waals surface area contributed by atoms with Gasteiger partial charge in [-0.1, -0.05) is 24.3 Å². The molecule has 1 fully saturated rings. The lowest BCUT2D eigenvalue weighted by atomic mass is 9.90. The van der Waals surface area contributed by atoms with E-state index in [4.69, 9.17) is 9.52 Å². The van der Waals surface area contributed by atoms with Gasteiger partial charge in [0, 0.05) is 13.1 Å². The highest BCUT2D eigenvalue weighted by Gasteiger charge is 2.24. The zero-order valence-electron chi connectivity index (χ0n) is 12.6. The Labute approximate surface area is 130 Å². The standard InChI is InChI=1S/C18H21NO3/c20-12-16-3-1-14(2-4-16)11-15-5-8-19(9-6-15)18(21)17-7-10-22-13-17/h1-4,7,10,13,15,20H,5-6,8-9,11-12H2. The number of amides is 1. The lowest BCUT2D eigenvalue weighted by Gasteiger charge is -2.31. The smallest absolute Gasteiger partial charge is 0.257 e. The lowest BCUT2D eigenvalue weighted by Crippen LogP contribution is -2.38. The summed E-state index contributed by atoms with van der Waals surface area (Å²) >= 11 is 0. The van der Waals surface area contributed by atoms with Crippen LogP contribution in [0.2, 0.25) is 0 Å². The van der Waals surface area contributed by atoms with Crippen molar-refractivity contribution >= 4 is 5.91 Å². The molecule has 0 atom stereocenters. The molecule has 0 saturated carbocycles. The molecule has 1 aromatic heterocycles. The molecule has 2 heterocycles. The monoisotopic (exact) mass is 299 g/mol. The third-order valence-electron chi connectivity index (χ3n) is 4.40. The number of benzene rings is 1. The third-order valence-corrected chi connectivity index (χ3v) is 4.40. The Morgan fingerprint density at radius 1 is 1.14 bits per heavy atom. The van der Waals surface area contributed by atoms with Crippen LogP contribution in [0.15, 0.2) is 47.3 Å². The molecule has 1 aliphatic heterocycles. The number of aliphatic hydroxyl groups is 1. The molecule has 1 amide bonds. The summed E-state index contributed by atoms with van der Waals surface area (Å²) in [4.78, 5) is 14.2. The normalized spacial score (nSPS) is 16.0. The summed E-state index contributed by atoms with van der Waals surface area (Å²) in [6.45, 7) is 1.71. The van der Waals surface area contributed by atoms with Crippen LogP contribution < -0.4 is 0 Å². The predicted octanol–water partition coefficient (Wildman–Crippen LogP) is 2.87. The van der Waals surface area contributed by atoms with Crippen LogP contribution in [0, 0.1) is 5.92 Å². The van der Waals surface area contributed by atoms with E-state index in [1.807, 2.05) is 17.0 Å². The van der Waals surface area contributed by atoms with E-state index >= 15 is 0 Å². The summed E-state index contributed by atoms with van der Waals surface area (Å²) in [5.74, 6) is 0.688. The van der Waals surface area contributed by atoms with Crippen molar-refractivity contribution in [2.45, 2.75) is 25.9 Å². The molecule has 1 aliphatic rings. The van der Waals surface area contributed by atoms with Gasteiger partial charge in [0.2, 0.25) is 0 Å². The number of rotatable bonds is 4. The molecular formula is C18H21NO3. The lowest BCUT2D eigenvalue weighted by molar-refractivity contribution is 0.0690. The molecule has 1 saturated heterocycles. The van der Waals surface area contributed by atoms with Crippen molar-refractivity contribution in [3.63, 3.8) is 0 Å². The van der Waals surface area contributed by atoms with E-state index < -0.39 is 0 Å². The number of carbonyl (C=O) groups excluding carboxylic acids is 1. The van der Waals surface area contributed by atoms with Gasteiger partial charge in [-0.3, -0.25) is 4.79 Å². The Morgan fingerprint density at radius 2 is 1.82 bits per heavy atom. The van der Waals surface area contributed by atoms with Crippen molar-refractivity contribution in [1.82, 2.24) is 4.90 Å². The molecule has 0 spiro atoms. The first-order valence-electron chi connectivity index (χ1n) is 7.76. The molecular weight excluding hydrogens is 278 g/mol. The molecule has 2 aromatic rings. The average Bonchev–Trinajstić information content (AvgIpc) is 3.10. The van der Waals surface area contributed by atoms with Gasteiger partial charge in [-0.05, 0) is 42.4 Å². The third kappa shape index (κ3) is 3.39. The number of likely N-dealkylation sites (tertiary alicyclic amines) is 1. The number of hydrogen-bond acceptors (Lipinski definition) is 3. The fraction of sp³-hybridized carbons (Fsp3) is 0.389. The molecule has 0 aliphatic carbocycles. The van der Waals surface area contributed by atoms with E-state index in [-0.39, 0.29) is 12.5 Å². The van der Waals surface area contributed by atoms with E-state index in [1.165, 1.54) is 18.1 Å². The molecule has 4 nitrogen and oxygen atoms in total. The summed E-state index contributed by atoms with van der Waals surface area (Å²) in [5, 5.41) is 9.07. The van der Waals surface area contributed by atoms with Gasteiger partial charge in [0.05, 0.1) is 18.4 Å². The minimum absolute atomic E-state index is 0.0690. The van der Waals surface area contributed by atoms with Crippen molar-refractivity contribution < 1.29 is 14.3 Å². The molecule has 0 unspecified atom stereocenters. The van der Waals surface area contributed by atoms with Gasteiger partial charge < -0.3 is 14.4 Å². The molecule has 22 heavy (non-hydrogen) atoms. The summed E-state index contributed by atoms with van der Waals surface area (Å²) < 4.78 is 4.98. The number of carbonyl (C=O) groups is 1. The summed E-state index contributed by atoms with van der Waals surface area (Å²) in [6.07, 6.45) is 6.16. The molecule has 3 rings (SSSR count). The number of furan rings is 1. The topological polar surface area (TPSA) is 53.7 Å². The van der Waals surface area contributed by atoms with Gasteiger partial charge in [-0.15, -0.1) is 0 Å². The first-order chi connectivity index (χ1) is 10.8. The Bertz CT molecular complexity index is 596. The van der Waals surface area contributed by atoms with Crippen LogP contribution in [0.3, 0.4) is 0 Å². The Hall–Kier alpha value is -2.07. The minimum Gasteiger partial charge on any atom is -0.472 e. The van der Waals surface area contributed by atoms with E-state index in [9.17, 15) is 4.79 Å². The van der Waals surface area contributed by atoms with Gasteiger partial charge >= 0.3 is 0 Å². The van der Waals surface area contributed by atoms with E-state index in [1.54, 1.807) is 6.07 Å². The summed E-state index contributed by atoms with van der Waals surface area (Å²) in [5.41, 5.74) is 2.89. The van der Waals surface area contributed by atoms with Crippen LogP contribution in [-0.4, -0.2) is 29.0 Å². The first-order valence-corrected chi connectivity index (χ1v) is 7.76. The highest BCUT2D eigenvalue weighted by atomic mass is 16.3. The van der Waals surface area contributed by atoms with Crippen LogP contribution in [0.25, 0.3) is 0 Å². The predicted molar refractivity (Wildman–Crippen MR) is 83.4 cm³/mol. The Kier molecular flexibility index (Phi) is 4.59. The molecule has 1 aromatic carbocycles. The van der Waals surface area contributed by atoms with Crippen molar-refractivity contribution in [3.8, 4) is 0 Å². The van der Waals surface area contributed by atoms with Crippen LogP contribution in [0.1, 0.15) is 34.3 Å². The van der Waals surface area contributed by atoms with Gasteiger partial charge in [-0.2, -0.15) is 0 Å². The number of nitrogens with zero attached hydrogens (tertiary/aromatic N) is 1. The second kappa shape index (κ2) is 6.79. The summed E-state index contributed by atoms with van der Waals surface area (Å²) in [6, 6.07) is 9.86. The number of hydrogen-bond donors (Lipinski definition) is 1. The van der Waals surface area contributed by atoms with Crippen LogP contribution in [-0.2, 0) is 13.0 Å². The quantitative estimate of drug-likeness (QED) is 0.944. The van der Waals surface area contributed by atoms with Crippen molar-refractivity contribution in [2.75, 3.05) is 13.1 Å². The zero-order chi connectivity index (χ0) is 15.4.